The van der Waals surface area contributed by atoms with Crippen LogP contribution in [0.1, 0.15) is 0 Å². The van der Waals surface area contributed by atoms with Crippen LogP contribution in [0.25, 0.3) is 27.6 Å². The van der Waals surface area contributed by atoms with Crippen LogP contribution in [0.5, 0.6) is 0 Å². The maximum absolute atomic E-state index is 5.87. The Labute approximate surface area is 91.7 Å². The van der Waals surface area contributed by atoms with E-state index in [1.165, 1.54) is 10.8 Å². The summed E-state index contributed by atoms with van der Waals surface area (Å²) in [4.78, 5) is 0. The summed E-state index contributed by atoms with van der Waals surface area (Å²) in [5.41, 5.74) is 2.98. The van der Waals surface area contributed by atoms with Crippen LogP contribution in [0.15, 0.2) is 59.1 Å². The highest BCUT2D eigenvalue weighted by Gasteiger charge is 2.09. The van der Waals surface area contributed by atoms with E-state index in [1.807, 2.05) is 30.3 Å². The highest BCUT2D eigenvalue weighted by molar-refractivity contribution is 5.98. The number of aromatic nitrogens is 1. The first-order valence-corrected chi connectivity index (χ1v) is 5.31. The van der Waals surface area contributed by atoms with Gasteiger partial charge in [-0.2, -0.15) is 0 Å². The molecule has 0 N–H and O–H groups in total. The van der Waals surface area contributed by atoms with Crippen LogP contribution < -0.4 is 0 Å². The molecule has 76 valence electrons. The molecule has 0 aliphatic rings. The first-order chi connectivity index (χ1) is 7.93. The monoisotopic (exact) mass is 207 g/mol. The minimum atomic E-state index is 0.928. The van der Waals surface area contributed by atoms with Crippen molar-refractivity contribution in [2.45, 2.75) is 0 Å². The zero-order valence-corrected chi connectivity index (χ0v) is 8.55. The lowest BCUT2D eigenvalue weighted by molar-refractivity contribution is 0.660. The molecule has 16 heavy (non-hydrogen) atoms. The van der Waals surface area contributed by atoms with E-state index in [-0.39, 0.29) is 0 Å². The second-order valence-electron chi connectivity index (χ2n) is 3.96. The summed E-state index contributed by atoms with van der Waals surface area (Å²) in [7, 11) is 0. The van der Waals surface area contributed by atoms with E-state index in [4.69, 9.17) is 4.42 Å². The van der Waals surface area contributed by atoms with Crippen LogP contribution in [0.2, 0.25) is 0 Å². The summed E-state index contributed by atoms with van der Waals surface area (Å²) in [6.07, 6.45) is 2.12. The van der Waals surface area contributed by atoms with Gasteiger partial charge in [-0.05, 0) is 18.2 Å². The number of nitrogens with zero attached hydrogens (tertiary/aromatic N) is 1. The largest absolute Gasteiger partial charge is 0.438 e. The van der Waals surface area contributed by atoms with Gasteiger partial charge in [0, 0.05) is 17.0 Å². The maximum Gasteiger partial charge on any atom is 0.212 e. The maximum atomic E-state index is 5.87. The molecular weight excluding hydrogens is 198 g/mol. The van der Waals surface area contributed by atoms with Gasteiger partial charge in [0.05, 0.1) is 5.52 Å². The van der Waals surface area contributed by atoms with Crippen LogP contribution in [0, 0.1) is 0 Å². The van der Waals surface area contributed by atoms with Crippen molar-refractivity contribution in [3.8, 4) is 0 Å². The van der Waals surface area contributed by atoms with E-state index in [0.29, 0.717) is 0 Å². The SMILES string of the molecule is c1ccc2c(c1)cn1c3ccccc3oc21. The van der Waals surface area contributed by atoms with Gasteiger partial charge in [0.2, 0.25) is 5.71 Å². The van der Waals surface area contributed by atoms with Crippen molar-refractivity contribution in [2.75, 3.05) is 0 Å². The van der Waals surface area contributed by atoms with E-state index < -0.39 is 0 Å². The molecule has 0 aliphatic heterocycles. The van der Waals surface area contributed by atoms with E-state index in [1.54, 1.807) is 0 Å². The molecule has 0 saturated heterocycles. The Hall–Kier alpha value is -2.22. The van der Waals surface area contributed by atoms with Gasteiger partial charge >= 0.3 is 0 Å². The minimum Gasteiger partial charge on any atom is -0.438 e. The zero-order valence-electron chi connectivity index (χ0n) is 8.55. The predicted octanol–water partition coefficient (Wildman–Crippen LogP) is 3.84. The summed E-state index contributed by atoms with van der Waals surface area (Å²) >= 11 is 0. The summed E-state index contributed by atoms with van der Waals surface area (Å²) in [6, 6.07) is 16.4. The van der Waals surface area contributed by atoms with Crippen molar-refractivity contribution < 1.29 is 4.42 Å². The third-order valence-corrected chi connectivity index (χ3v) is 3.01. The fraction of sp³-hybridized carbons (Fsp3) is 0. The Bertz CT molecular complexity index is 737. The molecule has 0 atom stereocenters. The highest BCUT2D eigenvalue weighted by Crippen LogP contribution is 2.28. The van der Waals surface area contributed by atoms with Crippen LogP contribution in [0.4, 0.5) is 0 Å². The Balaban J connectivity index is 2.35. The zero-order chi connectivity index (χ0) is 10.5. The molecule has 4 rings (SSSR count). The Morgan fingerprint density at radius 2 is 1.69 bits per heavy atom. The van der Waals surface area contributed by atoms with Crippen LogP contribution >= 0.6 is 0 Å². The van der Waals surface area contributed by atoms with Gasteiger partial charge in [-0.3, -0.25) is 4.40 Å². The molecule has 2 aromatic carbocycles. The molecule has 2 aromatic heterocycles. The number of fused-ring (bicyclic) bond motifs is 5. The van der Waals surface area contributed by atoms with E-state index in [9.17, 15) is 0 Å². The number of hydrogen-bond acceptors (Lipinski definition) is 1. The van der Waals surface area contributed by atoms with Gasteiger partial charge in [0.1, 0.15) is 0 Å². The third-order valence-electron chi connectivity index (χ3n) is 3.01. The van der Waals surface area contributed by atoms with E-state index in [2.05, 4.69) is 28.8 Å². The molecule has 4 aromatic rings. The van der Waals surface area contributed by atoms with Crippen LogP contribution in [-0.2, 0) is 0 Å². The van der Waals surface area contributed by atoms with E-state index >= 15 is 0 Å². The van der Waals surface area contributed by atoms with Gasteiger partial charge in [0.15, 0.2) is 5.58 Å². The highest BCUT2D eigenvalue weighted by atomic mass is 16.3. The molecule has 0 spiro atoms. The first kappa shape index (κ1) is 7.99. The van der Waals surface area contributed by atoms with Gasteiger partial charge in [-0.15, -0.1) is 0 Å². The van der Waals surface area contributed by atoms with Crippen molar-refractivity contribution in [2.24, 2.45) is 0 Å². The quantitative estimate of drug-likeness (QED) is 0.428. The summed E-state index contributed by atoms with van der Waals surface area (Å²) in [5, 5.41) is 2.38. The molecule has 0 amide bonds. The summed E-state index contributed by atoms with van der Waals surface area (Å²) in [5.74, 6) is 0. The molecular formula is C14H9NO. The Kier molecular flexibility index (Phi) is 1.33. The Morgan fingerprint density at radius 3 is 2.69 bits per heavy atom. The smallest absolute Gasteiger partial charge is 0.212 e. The number of para-hydroxylation sites is 2. The lowest BCUT2D eigenvalue weighted by atomic mass is 10.2. The Morgan fingerprint density at radius 1 is 0.875 bits per heavy atom. The molecule has 0 fully saturated rings. The average molecular weight is 207 g/mol. The molecule has 0 aliphatic carbocycles. The molecule has 0 bridgehead atoms. The number of benzene rings is 2. The van der Waals surface area contributed by atoms with Gasteiger partial charge in [-0.25, -0.2) is 0 Å². The summed E-state index contributed by atoms with van der Waals surface area (Å²) < 4.78 is 7.98. The van der Waals surface area contributed by atoms with Crippen LogP contribution in [-0.4, -0.2) is 4.40 Å². The van der Waals surface area contributed by atoms with Crippen molar-refractivity contribution >= 4 is 27.6 Å². The van der Waals surface area contributed by atoms with Crippen molar-refractivity contribution in [1.82, 2.24) is 4.40 Å². The summed E-state index contributed by atoms with van der Waals surface area (Å²) in [6.45, 7) is 0. The van der Waals surface area contributed by atoms with Crippen LogP contribution in [0.3, 0.4) is 0 Å². The molecule has 2 nitrogen and oxygen atoms in total. The van der Waals surface area contributed by atoms with Gasteiger partial charge < -0.3 is 4.42 Å². The molecule has 2 heterocycles. The molecule has 2 heteroatoms. The fourth-order valence-corrected chi connectivity index (χ4v) is 2.26. The minimum absolute atomic E-state index is 0.928. The second kappa shape index (κ2) is 2.67. The third kappa shape index (κ3) is 0.865. The standard InChI is InChI=1S/C14H9NO/c1-2-6-11-10(5-1)9-15-12-7-3-4-8-13(12)16-14(11)15/h1-9H. The lowest BCUT2D eigenvalue weighted by Gasteiger charge is -1.87. The second-order valence-corrected chi connectivity index (χ2v) is 3.96. The first-order valence-electron chi connectivity index (χ1n) is 5.31. The molecule has 0 saturated carbocycles. The van der Waals surface area contributed by atoms with E-state index in [0.717, 1.165) is 16.8 Å². The molecule has 0 unspecified atom stereocenters. The number of oxazole rings is 1. The lowest BCUT2D eigenvalue weighted by Crippen LogP contribution is -1.73. The van der Waals surface area contributed by atoms with Gasteiger partial charge in [0.25, 0.3) is 0 Å². The fourth-order valence-electron chi connectivity index (χ4n) is 2.26. The van der Waals surface area contributed by atoms with Crippen molar-refractivity contribution in [1.29, 1.82) is 0 Å². The number of hydrogen-bond donors (Lipinski definition) is 0. The average Bonchev–Trinajstić information content (AvgIpc) is 2.85. The molecule has 0 radical (unpaired) electrons. The normalized spacial score (nSPS) is 11.8. The topological polar surface area (TPSA) is 17.6 Å². The van der Waals surface area contributed by atoms with Crippen molar-refractivity contribution in [3.63, 3.8) is 0 Å². The number of rotatable bonds is 0. The predicted molar refractivity (Wildman–Crippen MR) is 64.7 cm³/mol. The van der Waals surface area contributed by atoms with Gasteiger partial charge in [-0.1, -0.05) is 30.3 Å². The van der Waals surface area contributed by atoms with Crippen molar-refractivity contribution in [3.05, 3.63) is 54.7 Å².